The molecule has 0 amide bonds. The smallest absolute Gasteiger partial charge is 0.148 e. The van der Waals surface area contributed by atoms with Gasteiger partial charge in [0.05, 0.1) is 16.6 Å². The van der Waals surface area contributed by atoms with Gasteiger partial charge in [-0.2, -0.15) is 0 Å². The number of amidine groups is 1. The summed E-state index contributed by atoms with van der Waals surface area (Å²) in [6.45, 7) is 2.47. The second-order valence-electron chi connectivity index (χ2n) is 4.80. The summed E-state index contributed by atoms with van der Waals surface area (Å²) < 4.78 is 0. The molecule has 0 aliphatic rings. The molecule has 0 fully saturated rings. The Bertz CT molecular complexity index is 608. The number of halogens is 1. The lowest BCUT2D eigenvalue weighted by atomic mass is 9.98. The van der Waals surface area contributed by atoms with Crippen LogP contribution in [0.4, 0.5) is 5.69 Å². The van der Waals surface area contributed by atoms with Crippen LogP contribution in [0.1, 0.15) is 17.0 Å². The predicted octanol–water partition coefficient (Wildman–Crippen LogP) is 3.59. The largest absolute Gasteiger partial charge is 0.409 e. The van der Waals surface area contributed by atoms with Gasteiger partial charge in [-0.1, -0.05) is 59.2 Å². The van der Waals surface area contributed by atoms with Crippen LogP contribution >= 0.6 is 11.6 Å². The standard InChI is InChI=1S/C16H18ClN3O/c1-11-6-5-9-14(17)15(11)19-10-13(16(18)20-21)12-7-3-2-4-8-12/h2-9,13,19,21H,10H2,1H3,(H2,18,20). The quantitative estimate of drug-likeness (QED) is 0.342. The highest BCUT2D eigenvalue weighted by Crippen LogP contribution is 2.26. The van der Waals surface area contributed by atoms with Crippen molar-refractivity contribution in [2.24, 2.45) is 10.9 Å². The molecule has 4 nitrogen and oxygen atoms in total. The molecule has 0 heterocycles. The first-order chi connectivity index (χ1) is 10.1. The van der Waals surface area contributed by atoms with Crippen LogP contribution in [0.3, 0.4) is 0 Å². The zero-order chi connectivity index (χ0) is 15.2. The third-order valence-corrected chi connectivity index (χ3v) is 3.69. The topological polar surface area (TPSA) is 70.6 Å². The van der Waals surface area contributed by atoms with Gasteiger partial charge in [-0.25, -0.2) is 0 Å². The van der Waals surface area contributed by atoms with Gasteiger partial charge in [0.2, 0.25) is 0 Å². The van der Waals surface area contributed by atoms with Crippen molar-refractivity contribution in [1.29, 1.82) is 0 Å². The van der Waals surface area contributed by atoms with E-state index in [1.165, 1.54) is 0 Å². The lowest BCUT2D eigenvalue weighted by molar-refractivity contribution is 0.316. The van der Waals surface area contributed by atoms with E-state index >= 15 is 0 Å². The number of oxime groups is 1. The fraction of sp³-hybridized carbons (Fsp3) is 0.188. The molecular weight excluding hydrogens is 286 g/mol. The van der Waals surface area contributed by atoms with Crippen molar-refractivity contribution in [3.63, 3.8) is 0 Å². The molecule has 0 spiro atoms. The Balaban J connectivity index is 2.21. The molecule has 1 unspecified atom stereocenters. The first-order valence-electron chi connectivity index (χ1n) is 6.65. The lowest BCUT2D eigenvalue weighted by Gasteiger charge is -2.19. The van der Waals surface area contributed by atoms with Crippen LogP contribution in [0.2, 0.25) is 5.02 Å². The number of nitrogens with one attached hydrogen (secondary N) is 1. The molecule has 110 valence electrons. The zero-order valence-electron chi connectivity index (χ0n) is 11.8. The van der Waals surface area contributed by atoms with Crippen molar-refractivity contribution in [1.82, 2.24) is 0 Å². The summed E-state index contributed by atoms with van der Waals surface area (Å²) in [7, 11) is 0. The van der Waals surface area contributed by atoms with E-state index in [4.69, 9.17) is 22.5 Å². The number of para-hydroxylation sites is 1. The van der Waals surface area contributed by atoms with E-state index in [1.807, 2.05) is 55.5 Å². The molecule has 0 saturated carbocycles. The predicted molar refractivity (Wildman–Crippen MR) is 87.3 cm³/mol. The summed E-state index contributed by atoms with van der Waals surface area (Å²) in [5.41, 5.74) is 8.71. The number of nitrogens with two attached hydrogens (primary N) is 1. The van der Waals surface area contributed by atoms with Gasteiger partial charge in [-0.15, -0.1) is 0 Å². The van der Waals surface area contributed by atoms with Crippen LogP contribution in [0, 0.1) is 6.92 Å². The Hall–Kier alpha value is -2.20. The van der Waals surface area contributed by atoms with Crippen LogP contribution in [-0.4, -0.2) is 17.6 Å². The maximum atomic E-state index is 8.98. The van der Waals surface area contributed by atoms with Crippen molar-refractivity contribution < 1.29 is 5.21 Å². The Morgan fingerprint density at radius 2 is 1.95 bits per heavy atom. The highest BCUT2D eigenvalue weighted by atomic mass is 35.5. The van der Waals surface area contributed by atoms with Crippen molar-refractivity contribution in [2.75, 3.05) is 11.9 Å². The van der Waals surface area contributed by atoms with E-state index in [0.29, 0.717) is 11.6 Å². The molecule has 0 saturated heterocycles. The Morgan fingerprint density at radius 3 is 2.57 bits per heavy atom. The maximum Gasteiger partial charge on any atom is 0.148 e. The number of benzene rings is 2. The molecule has 5 heteroatoms. The molecular formula is C16H18ClN3O. The first kappa shape index (κ1) is 15.2. The van der Waals surface area contributed by atoms with Crippen molar-refractivity contribution in [3.8, 4) is 0 Å². The van der Waals surface area contributed by atoms with Crippen LogP contribution in [0.15, 0.2) is 53.7 Å². The summed E-state index contributed by atoms with van der Waals surface area (Å²) in [6, 6.07) is 15.4. The van der Waals surface area contributed by atoms with Gasteiger partial charge in [-0.3, -0.25) is 0 Å². The molecule has 0 aliphatic heterocycles. The Morgan fingerprint density at radius 1 is 1.24 bits per heavy atom. The number of hydrogen-bond acceptors (Lipinski definition) is 3. The van der Waals surface area contributed by atoms with Crippen molar-refractivity contribution >= 4 is 23.1 Å². The molecule has 21 heavy (non-hydrogen) atoms. The van der Waals surface area contributed by atoms with Crippen LogP contribution in [-0.2, 0) is 0 Å². The summed E-state index contributed by atoms with van der Waals surface area (Å²) in [5, 5.41) is 16.1. The van der Waals surface area contributed by atoms with E-state index in [2.05, 4.69) is 10.5 Å². The zero-order valence-corrected chi connectivity index (χ0v) is 12.5. The minimum Gasteiger partial charge on any atom is -0.409 e. The molecule has 2 aromatic rings. The third-order valence-electron chi connectivity index (χ3n) is 3.38. The summed E-state index contributed by atoms with van der Waals surface area (Å²) >= 11 is 6.20. The third kappa shape index (κ3) is 3.67. The summed E-state index contributed by atoms with van der Waals surface area (Å²) in [4.78, 5) is 0. The molecule has 0 aromatic heterocycles. The highest BCUT2D eigenvalue weighted by molar-refractivity contribution is 6.33. The van der Waals surface area contributed by atoms with E-state index in [0.717, 1.165) is 16.8 Å². The summed E-state index contributed by atoms with van der Waals surface area (Å²) in [6.07, 6.45) is 0. The summed E-state index contributed by atoms with van der Waals surface area (Å²) in [5.74, 6) is -0.0646. The first-order valence-corrected chi connectivity index (χ1v) is 7.02. The minimum absolute atomic E-state index is 0.165. The number of hydrogen-bond donors (Lipinski definition) is 3. The van der Waals surface area contributed by atoms with Gasteiger partial charge in [0.25, 0.3) is 0 Å². The van der Waals surface area contributed by atoms with Crippen LogP contribution in [0.25, 0.3) is 0 Å². The minimum atomic E-state index is -0.230. The SMILES string of the molecule is Cc1cccc(Cl)c1NCC(C(N)=NO)c1ccccc1. The number of rotatable bonds is 5. The Labute approximate surface area is 129 Å². The Kier molecular flexibility index (Phi) is 5.06. The molecule has 1 atom stereocenters. The monoisotopic (exact) mass is 303 g/mol. The van der Waals surface area contributed by atoms with E-state index < -0.39 is 0 Å². The van der Waals surface area contributed by atoms with E-state index in [-0.39, 0.29) is 11.8 Å². The molecule has 0 aliphatic carbocycles. The fourth-order valence-corrected chi connectivity index (χ4v) is 2.50. The maximum absolute atomic E-state index is 8.98. The average molecular weight is 304 g/mol. The van der Waals surface area contributed by atoms with Gasteiger partial charge in [0.1, 0.15) is 5.84 Å². The molecule has 2 aromatic carbocycles. The van der Waals surface area contributed by atoms with Gasteiger partial charge in [0, 0.05) is 6.54 Å². The lowest BCUT2D eigenvalue weighted by Crippen LogP contribution is -2.28. The number of nitrogens with zero attached hydrogens (tertiary/aromatic N) is 1. The number of anilines is 1. The highest BCUT2D eigenvalue weighted by Gasteiger charge is 2.17. The van der Waals surface area contributed by atoms with Crippen molar-refractivity contribution in [2.45, 2.75) is 12.8 Å². The van der Waals surface area contributed by atoms with Crippen molar-refractivity contribution in [3.05, 3.63) is 64.7 Å². The molecule has 0 radical (unpaired) electrons. The van der Waals surface area contributed by atoms with Gasteiger partial charge in [-0.05, 0) is 24.1 Å². The average Bonchev–Trinajstić information content (AvgIpc) is 2.50. The molecule has 0 bridgehead atoms. The van der Waals surface area contributed by atoms with Gasteiger partial charge < -0.3 is 16.3 Å². The molecule has 4 N–H and O–H groups in total. The second-order valence-corrected chi connectivity index (χ2v) is 5.21. The van der Waals surface area contributed by atoms with E-state index in [9.17, 15) is 0 Å². The van der Waals surface area contributed by atoms with Crippen LogP contribution < -0.4 is 11.1 Å². The molecule has 2 rings (SSSR count). The fourth-order valence-electron chi connectivity index (χ4n) is 2.21. The normalized spacial score (nSPS) is 13.0. The van der Waals surface area contributed by atoms with Gasteiger partial charge >= 0.3 is 0 Å². The second kappa shape index (κ2) is 6.99. The van der Waals surface area contributed by atoms with E-state index in [1.54, 1.807) is 0 Å². The number of aryl methyl sites for hydroxylation is 1. The van der Waals surface area contributed by atoms with Gasteiger partial charge in [0.15, 0.2) is 0 Å². The van der Waals surface area contributed by atoms with Crippen LogP contribution in [0.5, 0.6) is 0 Å².